The van der Waals surface area contributed by atoms with Gasteiger partial charge in [-0.25, -0.2) is 0 Å². The van der Waals surface area contributed by atoms with Gasteiger partial charge in [-0.05, 0) is 24.8 Å². The molecule has 4 heteroatoms. The average Bonchev–Trinajstić information content (AvgIpc) is 2.55. The van der Waals surface area contributed by atoms with Crippen LogP contribution in [0.5, 0.6) is 0 Å². The van der Waals surface area contributed by atoms with E-state index in [4.69, 9.17) is 0 Å². The van der Waals surface area contributed by atoms with Gasteiger partial charge in [0.2, 0.25) is 5.91 Å². The fourth-order valence-electron chi connectivity index (χ4n) is 2.93. The molecule has 2 N–H and O–H groups in total. The van der Waals surface area contributed by atoms with Crippen molar-refractivity contribution in [2.75, 3.05) is 6.61 Å². The number of nitriles is 1. The Morgan fingerprint density at radius 2 is 1.95 bits per heavy atom. The summed E-state index contributed by atoms with van der Waals surface area (Å²) in [4.78, 5) is 12.5. The van der Waals surface area contributed by atoms with Crippen molar-refractivity contribution in [3.05, 3.63) is 35.9 Å². The van der Waals surface area contributed by atoms with Gasteiger partial charge in [0.15, 0.2) is 0 Å². The van der Waals surface area contributed by atoms with Crippen molar-refractivity contribution in [2.45, 2.75) is 44.6 Å². The second-order valence-electron chi connectivity index (χ2n) is 5.80. The number of benzene rings is 1. The van der Waals surface area contributed by atoms with E-state index < -0.39 is 5.41 Å². The van der Waals surface area contributed by atoms with Gasteiger partial charge in [-0.15, -0.1) is 0 Å². The summed E-state index contributed by atoms with van der Waals surface area (Å²) in [7, 11) is 0. The molecule has 1 aliphatic rings. The van der Waals surface area contributed by atoms with Crippen LogP contribution in [-0.2, 0) is 11.2 Å². The van der Waals surface area contributed by atoms with E-state index >= 15 is 0 Å². The second kappa shape index (κ2) is 7.24. The van der Waals surface area contributed by atoms with E-state index in [1.54, 1.807) is 0 Å². The Bertz CT molecular complexity index is 501. The molecular formula is C17H22N2O2. The van der Waals surface area contributed by atoms with Gasteiger partial charge in [0, 0.05) is 0 Å². The first-order valence-electron chi connectivity index (χ1n) is 7.57. The highest BCUT2D eigenvalue weighted by atomic mass is 16.3. The lowest BCUT2D eigenvalue weighted by molar-refractivity contribution is -0.130. The van der Waals surface area contributed by atoms with E-state index in [9.17, 15) is 15.2 Å². The first-order chi connectivity index (χ1) is 10.2. The SMILES string of the molecule is N#CC1(C(=O)N[C@H](CO)Cc2ccccc2)CCCCC1. The Balaban J connectivity index is 2.00. The zero-order chi connectivity index (χ0) is 15.1. The number of rotatable bonds is 5. The van der Waals surface area contributed by atoms with Crippen LogP contribution in [-0.4, -0.2) is 23.7 Å². The molecule has 0 saturated heterocycles. The summed E-state index contributed by atoms with van der Waals surface area (Å²) >= 11 is 0. The molecule has 1 aromatic carbocycles. The Kier molecular flexibility index (Phi) is 5.35. The van der Waals surface area contributed by atoms with Gasteiger partial charge in [-0.2, -0.15) is 5.26 Å². The molecule has 1 amide bonds. The Hall–Kier alpha value is -1.86. The van der Waals surface area contributed by atoms with Gasteiger partial charge in [0.1, 0.15) is 5.41 Å². The summed E-state index contributed by atoms with van der Waals surface area (Å²) in [6.45, 7) is -0.123. The van der Waals surface area contributed by atoms with E-state index in [1.165, 1.54) is 0 Å². The highest BCUT2D eigenvalue weighted by Gasteiger charge is 2.40. The normalized spacial score (nSPS) is 18.5. The number of nitrogens with zero attached hydrogens (tertiary/aromatic N) is 1. The fourth-order valence-corrected chi connectivity index (χ4v) is 2.93. The Morgan fingerprint density at radius 3 is 2.52 bits per heavy atom. The lowest BCUT2D eigenvalue weighted by Gasteiger charge is -2.31. The molecule has 21 heavy (non-hydrogen) atoms. The van der Waals surface area contributed by atoms with Gasteiger partial charge < -0.3 is 10.4 Å². The molecule has 0 bridgehead atoms. The van der Waals surface area contributed by atoms with Crippen molar-refractivity contribution >= 4 is 5.91 Å². The molecule has 1 saturated carbocycles. The van der Waals surface area contributed by atoms with E-state index in [1.807, 2.05) is 30.3 Å². The largest absolute Gasteiger partial charge is 0.394 e. The number of amides is 1. The molecule has 1 fully saturated rings. The first kappa shape index (κ1) is 15.5. The third-order valence-electron chi connectivity index (χ3n) is 4.24. The van der Waals surface area contributed by atoms with Gasteiger partial charge in [0.05, 0.1) is 18.7 Å². The van der Waals surface area contributed by atoms with Crippen LogP contribution in [0.3, 0.4) is 0 Å². The summed E-state index contributed by atoms with van der Waals surface area (Å²) in [6.07, 6.45) is 4.75. The number of hydrogen-bond donors (Lipinski definition) is 2. The molecule has 4 nitrogen and oxygen atoms in total. The molecule has 0 radical (unpaired) electrons. The maximum atomic E-state index is 12.5. The third kappa shape index (κ3) is 3.83. The van der Waals surface area contributed by atoms with Crippen LogP contribution in [0.1, 0.15) is 37.7 Å². The maximum absolute atomic E-state index is 12.5. The van der Waals surface area contributed by atoms with Gasteiger partial charge in [-0.1, -0.05) is 49.6 Å². The number of hydrogen-bond acceptors (Lipinski definition) is 3. The lowest BCUT2D eigenvalue weighted by atomic mass is 9.74. The van der Waals surface area contributed by atoms with Crippen molar-refractivity contribution in [3.63, 3.8) is 0 Å². The van der Waals surface area contributed by atoms with E-state index in [-0.39, 0.29) is 18.6 Å². The number of aliphatic hydroxyl groups excluding tert-OH is 1. The molecule has 0 aromatic heterocycles. The monoisotopic (exact) mass is 286 g/mol. The van der Waals surface area contributed by atoms with E-state index in [0.717, 1.165) is 24.8 Å². The number of carbonyl (C=O) groups is 1. The lowest BCUT2D eigenvalue weighted by Crippen LogP contribution is -2.48. The minimum Gasteiger partial charge on any atom is -0.394 e. The Morgan fingerprint density at radius 1 is 1.29 bits per heavy atom. The quantitative estimate of drug-likeness (QED) is 0.871. The summed E-state index contributed by atoms with van der Waals surface area (Å²) in [5, 5.41) is 21.8. The van der Waals surface area contributed by atoms with E-state index in [0.29, 0.717) is 19.3 Å². The van der Waals surface area contributed by atoms with Gasteiger partial charge in [0.25, 0.3) is 0 Å². The van der Waals surface area contributed by atoms with Crippen LogP contribution in [0, 0.1) is 16.7 Å². The summed E-state index contributed by atoms with van der Waals surface area (Å²) in [5.41, 5.74) is 0.161. The number of nitrogens with one attached hydrogen (secondary N) is 1. The predicted molar refractivity (Wildman–Crippen MR) is 80.3 cm³/mol. The molecule has 112 valence electrons. The molecule has 0 unspecified atom stereocenters. The summed E-state index contributed by atoms with van der Waals surface area (Å²) in [5.74, 6) is -0.223. The molecule has 1 aromatic rings. The molecule has 0 aliphatic heterocycles. The minimum absolute atomic E-state index is 0.123. The number of aliphatic hydroxyl groups is 1. The predicted octanol–water partition coefficient (Wildman–Crippen LogP) is 2.18. The molecule has 1 atom stereocenters. The van der Waals surface area contributed by atoms with Crippen LogP contribution < -0.4 is 5.32 Å². The van der Waals surface area contributed by atoms with Crippen molar-refractivity contribution in [1.82, 2.24) is 5.32 Å². The highest BCUT2D eigenvalue weighted by molar-refractivity contribution is 5.85. The van der Waals surface area contributed by atoms with Crippen molar-refractivity contribution in [1.29, 1.82) is 5.26 Å². The van der Waals surface area contributed by atoms with Crippen molar-refractivity contribution < 1.29 is 9.90 Å². The van der Waals surface area contributed by atoms with Crippen LogP contribution in [0.4, 0.5) is 0 Å². The summed E-state index contributed by atoms with van der Waals surface area (Å²) < 4.78 is 0. The molecule has 0 heterocycles. The van der Waals surface area contributed by atoms with Gasteiger partial charge >= 0.3 is 0 Å². The topological polar surface area (TPSA) is 73.1 Å². The highest BCUT2D eigenvalue weighted by Crippen LogP contribution is 2.35. The minimum atomic E-state index is -0.900. The van der Waals surface area contributed by atoms with E-state index in [2.05, 4.69) is 11.4 Å². The van der Waals surface area contributed by atoms with Crippen LogP contribution >= 0.6 is 0 Å². The standard InChI is InChI=1S/C17H22N2O2/c18-13-17(9-5-2-6-10-17)16(21)19-15(12-20)11-14-7-3-1-4-8-14/h1,3-4,7-8,15,20H,2,5-6,9-12H2,(H,19,21)/t15-/m0/s1. The van der Waals surface area contributed by atoms with Crippen LogP contribution in [0.15, 0.2) is 30.3 Å². The van der Waals surface area contributed by atoms with Crippen LogP contribution in [0.25, 0.3) is 0 Å². The molecule has 2 rings (SSSR count). The average molecular weight is 286 g/mol. The molecule has 1 aliphatic carbocycles. The summed E-state index contributed by atoms with van der Waals surface area (Å²) in [6, 6.07) is 11.6. The fraction of sp³-hybridized carbons (Fsp3) is 0.529. The van der Waals surface area contributed by atoms with Crippen LogP contribution in [0.2, 0.25) is 0 Å². The molecular weight excluding hydrogens is 264 g/mol. The van der Waals surface area contributed by atoms with Crippen molar-refractivity contribution in [3.8, 4) is 6.07 Å². The van der Waals surface area contributed by atoms with Crippen molar-refractivity contribution in [2.24, 2.45) is 5.41 Å². The Labute approximate surface area is 125 Å². The zero-order valence-corrected chi connectivity index (χ0v) is 12.2. The number of carbonyl (C=O) groups excluding carboxylic acids is 1. The zero-order valence-electron chi connectivity index (χ0n) is 12.2. The second-order valence-corrected chi connectivity index (χ2v) is 5.80. The smallest absolute Gasteiger partial charge is 0.240 e. The maximum Gasteiger partial charge on any atom is 0.240 e. The third-order valence-corrected chi connectivity index (χ3v) is 4.24. The molecule has 0 spiro atoms. The first-order valence-corrected chi connectivity index (χ1v) is 7.57. The van der Waals surface area contributed by atoms with Gasteiger partial charge in [-0.3, -0.25) is 4.79 Å².